The van der Waals surface area contributed by atoms with Crippen molar-refractivity contribution in [2.75, 3.05) is 7.11 Å². The Balaban J connectivity index is 1.65. The first kappa shape index (κ1) is 17.0. The van der Waals surface area contributed by atoms with E-state index in [-0.39, 0.29) is 5.75 Å². The standard InChI is InChI=1S/C19H17N5O2S/c1-26-17-8-12(6-7-16(17)25)10-21-24-18(22-23-19(24)27)9-13-11-20-15-5-3-2-4-14(13)15/h2-8,10-11,20,25H,9H2,1H3,(H,23,27)/b21-10-. The number of benzene rings is 2. The number of methoxy groups -OCH3 is 1. The molecule has 0 saturated heterocycles. The number of phenolic OH excluding ortho intramolecular Hbond substituents is 1. The van der Waals surface area contributed by atoms with Crippen molar-refractivity contribution in [3.63, 3.8) is 0 Å². The molecule has 0 saturated carbocycles. The van der Waals surface area contributed by atoms with E-state index in [0.717, 1.165) is 22.0 Å². The molecule has 2 aromatic carbocycles. The van der Waals surface area contributed by atoms with E-state index in [2.05, 4.69) is 26.3 Å². The summed E-state index contributed by atoms with van der Waals surface area (Å²) >= 11 is 5.31. The number of aromatic amines is 2. The van der Waals surface area contributed by atoms with Crippen LogP contribution in [0.1, 0.15) is 17.0 Å². The summed E-state index contributed by atoms with van der Waals surface area (Å²) in [4.78, 5) is 3.26. The average molecular weight is 379 g/mol. The highest BCUT2D eigenvalue weighted by Gasteiger charge is 2.10. The minimum atomic E-state index is 0.0783. The zero-order valence-corrected chi connectivity index (χ0v) is 15.3. The van der Waals surface area contributed by atoms with Gasteiger partial charge in [0, 0.05) is 23.5 Å². The lowest BCUT2D eigenvalue weighted by atomic mass is 10.1. The van der Waals surface area contributed by atoms with Crippen molar-refractivity contribution in [2.24, 2.45) is 5.10 Å². The Bertz CT molecular complexity index is 1190. The van der Waals surface area contributed by atoms with Crippen LogP contribution in [0.4, 0.5) is 0 Å². The highest BCUT2D eigenvalue weighted by atomic mass is 32.1. The SMILES string of the molecule is COc1cc(/C=N\n2c(Cc3c[nH]c4ccccc34)n[nH]c2=S)ccc1O. The predicted octanol–water partition coefficient (Wildman–Crippen LogP) is 3.61. The molecule has 0 spiro atoms. The zero-order chi connectivity index (χ0) is 18.8. The van der Waals surface area contributed by atoms with Gasteiger partial charge in [-0.25, -0.2) is 0 Å². The van der Waals surface area contributed by atoms with Crippen LogP contribution in [-0.4, -0.2) is 38.3 Å². The van der Waals surface area contributed by atoms with Crippen molar-refractivity contribution >= 4 is 29.3 Å². The molecule has 136 valence electrons. The summed E-state index contributed by atoms with van der Waals surface area (Å²) in [7, 11) is 1.50. The van der Waals surface area contributed by atoms with Crippen molar-refractivity contribution in [2.45, 2.75) is 6.42 Å². The first-order valence-electron chi connectivity index (χ1n) is 8.28. The minimum Gasteiger partial charge on any atom is -0.504 e. The zero-order valence-electron chi connectivity index (χ0n) is 14.5. The fraction of sp³-hybridized carbons (Fsp3) is 0.105. The van der Waals surface area contributed by atoms with Gasteiger partial charge in [-0.05, 0) is 47.6 Å². The number of nitrogens with zero attached hydrogens (tertiary/aromatic N) is 3. The molecular formula is C19H17N5O2S. The summed E-state index contributed by atoms with van der Waals surface area (Å²) in [5, 5.41) is 22.4. The van der Waals surface area contributed by atoms with E-state index >= 15 is 0 Å². The molecule has 3 N–H and O–H groups in total. The van der Waals surface area contributed by atoms with Gasteiger partial charge in [0.05, 0.1) is 13.3 Å². The summed E-state index contributed by atoms with van der Waals surface area (Å²) in [6.45, 7) is 0. The van der Waals surface area contributed by atoms with E-state index in [0.29, 0.717) is 22.8 Å². The maximum absolute atomic E-state index is 9.70. The van der Waals surface area contributed by atoms with E-state index in [1.165, 1.54) is 7.11 Å². The predicted molar refractivity (Wildman–Crippen MR) is 106 cm³/mol. The van der Waals surface area contributed by atoms with Crippen LogP contribution in [0, 0.1) is 4.77 Å². The second-order valence-electron chi connectivity index (χ2n) is 5.97. The number of fused-ring (bicyclic) bond motifs is 1. The van der Waals surface area contributed by atoms with Gasteiger partial charge >= 0.3 is 0 Å². The third kappa shape index (κ3) is 3.34. The number of aromatic hydroxyl groups is 1. The molecule has 4 aromatic rings. The van der Waals surface area contributed by atoms with Crippen LogP contribution >= 0.6 is 12.2 Å². The van der Waals surface area contributed by atoms with E-state index in [1.807, 2.05) is 24.4 Å². The topological polar surface area (TPSA) is 91.2 Å². The highest BCUT2D eigenvalue weighted by Crippen LogP contribution is 2.25. The van der Waals surface area contributed by atoms with Crippen molar-refractivity contribution in [1.29, 1.82) is 0 Å². The number of para-hydroxylation sites is 1. The van der Waals surface area contributed by atoms with Crippen LogP contribution in [0.25, 0.3) is 10.9 Å². The number of nitrogens with one attached hydrogen (secondary N) is 2. The smallest absolute Gasteiger partial charge is 0.216 e. The third-order valence-corrected chi connectivity index (χ3v) is 4.53. The third-order valence-electron chi connectivity index (χ3n) is 4.27. The van der Waals surface area contributed by atoms with Gasteiger partial charge in [0.1, 0.15) is 0 Å². The Kier molecular flexibility index (Phi) is 4.47. The van der Waals surface area contributed by atoms with Crippen molar-refractivity contribution < 1.29 is 9.84 Å². The van der Waals surface area contributed by atoms with Crippen LogP contribution < -0.4 is 4.74 Å². The van der Waals surface area contributed by atoms with E-state index in [9.17, 15) is 5.11 Å². The van der Waals surface area contributed by atoms with Gasteiger partial charge in [0.2, 0.25) is 4.77 Å². The monoisotopic (exact) mass is 379 g/mol. The number of ether oxygens (including phenoxy) is 1. The van der Waals surface area contributed by atoms with E-state index < -0.39 is 0 Å². The molecule has 0 radical (unpaired) electrons. The molecule has 0 atom stereocenters. The number of rotatable bonds is 5. The van der Waals surface area contributed by atoms with E-state index in [1.54, 1.807) is 29.1 Å². The molecule has 0 fully saturated rings. The summed E-state index contributed by atoms with van der Waals surface area (Å²) in [6.07, 6.45) is 4.20. The van der Waals surface area contributed by atoms with Crippen molar-refractivity contribution in [3.05, 3.63) is 70.4 Å². The highest BCUT2D eigenvalue weighted by molar-refractivity contribution is 7.71. The van der Waals surface area contributed by atoms with E-state index in [4.69, 9.17) is 17.0 Å². The summed E-state index contributed by atoms with van der Waals surface area (Å²) in [5.41, 5.74) is 2.96. The molecule has 0 aliphatic heterocycles. The maximum Gasteiger partial charge on any atom is 0.216 e. The Morgan fingerprint density at radius 2 is 2.15 bits per heavy atom. The Labute approximate surface area is 159 Å². The Morgan fingerprint density at radius 3 is 3.00 bits per heavy atom. The van der Waals surface area contributed by atoms with Crippen molar-refractivity contribution in [3.8, 4) is 11.5 Å². The second-order valence-corrected chi connectivity index (χ2v) is 6.36. The number of aromatic nitrogens is 4. The summed E-state index contributed by atoms with van der Waals surface area (Å²) in [6, 6.07) is 13.1. The second kappa shape index (κ2) is 7.08. The first-order valence-corrected chi connectivity index (χ1v) is 8.69. The normalized spacial score (nSPS) is 11.4. The van der Waals surface area contributed by atoms with Crippen LogP contribution in [-0.2, 0) is 6.42 Å². The molecule has 0 unspecified atom stereocenters. The molecule has 0 amide bonds. The van der Waals surface area contributed by atoms with Gasteiger partial charge in [0.25, 0.3) is 0 Å². The Morgan fingerprint density at radius 1 is 1.30 bits per heavy atom. The molecule has 8 heteroatoms. The quantitative estimate of drug-likeness (QED) is 0.365. The Hall–Kier alpha value is -3.39. The number of H-pyrrole nitrogens is 2. The minimum absolute atomic E-state index is 0.0783. The van der Waals surface area contributed by atoms with Crippen LogP contribution in [0.2, 0.25) is 0 Å². The van der Waals surface area contributed by atoms with Crippen molar-refractivity contribution in [1.82, 2.24) is 19.9 Å². The average Bonchev–Trinajstić information content (AvgIpc) is 3.25. The fourth-order valence-electron chi connectivity index (χ4n) is 2.90. The van der Waals surface area contributed by atoms with Gasteiger partial charge in [-0.3, -0.25) is 5.10 Å². The van der Waals surface area contributed by atoms with Gasteiger partial charge in [-0.2, -0.15) is 14.9 Å². The molecule has 0 bridgehead atoms. The molecule has 2 heterocycles. The number of hydrogen-bond acceptors (Lipinski definition) is 5. The van der Waals surface area contributed by atoms with Gasteiger partial charge in [-0.15, -0.1) is 0 Å². The van der Waals surface area contributed by atoms with Gasteiger partial charge in [0.15, 0.2) is 17.3 Å². The largest absolute Gasteiger partial charge is 0.504 e. The molecular weight excluding hydrogens is 362 g/mol. The molecule has 27 heavy (non-hydrogen) atoms. The molecule has 0 aliphatic carbocycles. The number of hydrogen-bond donors (Lipinski definition) is 3. The van der Waals surface area contributed by atoms with Crippen LogP contribution in [0.5, 0.6) is 11.5 Å². The first-order chi connectivity index (χ1) is 13.2. The summed E-state index contributed by atoms with van der Waals surface area (Å²) in [5.74, 6) is 1.16. The fourth-order valence-corrected chi connectivity index (χ4v) is 3.10. The van der Waals surface area contributed by atoms with Gasteiger partial charge < -0.3 is 14.8 Å². The lowest BCUT2D eigenvalue weighted by molar-refractivity contribution is 0.373. The lowest BCUT2D eigenvalue weighted by Gasteiger charge is -2.04. The van der Waals surface area contributed by atoms with Crippen LogP contribution in [0.3, 0.4) is 0 Å². The molecule has 7 nitrogen and oxygen atoms in total. The maximum atomic E-state index is 9.70. The van der Waals surface area contributed by atoms with Crippen LogP contribution in [0.15, 0.2) is 53.8 Å². The lowest BCUT2D eigenvalue weighted by Crippen LogP contribution is -2.00. The molecule has 4 rings (SSSR count). The number of phenols is 1. The molecule has 0 aliphatic rings. The van der Waals surface area contributed by atoms with Gasteiger partial charge in [-0.1, -0.05) is 18.2 Å². The summed E-state index contributed by atoms with van der Waals surface area (Å²) < 4.78 is 7.12. The molecule has 2 aromatic heterocycles.